The number of aryl methyl sites for hydroxylation is 1. The molecule has 1 saturated heterocycles. The molecule has 1 aliphatic rings. The number of aromatic amines is 1. The highest BCUT2D eigenvalue weighted by Gasteiger charge is 2.36. The Kier molecular flexibility index (Phi) is 4.48. The van der Waals surface area contributed by atoms with Crippen molar-refractivity contribution in [3.63, 3.8) is 0 Å². The van der Waals surface area contributed by atoms with Crippen molar-refractivity contribution in [2.45, 2.75) is 31.7 Å². The zero-order chi connectivity index (χ0) is 17.1. The fraction of sp³-hybridized carbons (Fsp3) is 0.316. The van der Waals surface area contributed by atoms with Crippen molar-refractivity contribution in [2.75, 3.05) is 6.54 Å². The van der Waals surface area contributed by atoms with Gasteiger partial charge in [0.2, 0.25) is 5.56 Å². The lowest BCUT2D eigenvalue weighted by atomic mass is 9.91. The molecule has 2 aromatic rings. The van der Waals surface area contributed by atoms with Crippen molar-refractivity contribution in [1.82, 2.24) is 9.88 Å². The molecule has 3 rings (SSSR count). The number of pyridine rings is 1. The molecule has 1 aromatic heterocycles. The molecular formula is C19H19N3O2. The Morgan fingerprint density at radius 2 is 2.12 bits per heavy atom. The third-order valence-electron chi connectivity index (χ3n) is 4.60. The molecular weight excluding hydrogens is 302 g/mol. The van der Waals surface area contributed by atoms with Crippen LogP contribution in [0.1, 0.15) is 40.2 Å². The zero-order valence-electron chi connectivity index (χ0n) is 13.5. The summed E-state index contributed by atoms with van der Waals surface area (Å²) >= 11 is 0. The van der Waals surface area contributed by atoms with E-state index in [0.717, 1.165) is 18.4 Å². The molecule has 5 nitrogen and oxygen atoms in total. The average Bonchev–Trinajstić information content (AvgIpc) is 3.05. The van der Waals surface area contributed by atoms with Crippen LogP contribution in [-0.2, 0) is 0 Å². The second-order valence-electron chi connectivity index (χ2n) is 6.12. The van der Waals surface area contributed by atoms with Crippen LogP contribution in [0.3, 0.4) is 0 Å². The molecule has 2 heterocycles. The first-order chi connectivity index (χ1) is 11.6. The summed E-state index contributed by atoms with van der Waals surface area (Å²) in [5.74, 6) is -0.469. The summed E-state index contributed by atoms with van der Waals surface area (Å²) in [7, 11) is 0. The van der Waals surface area contributed by atoms with E-state index < -0.39 is 0 Å². The minimum atomic E-state index is -0.347. The predicted molar refractivity (Wildman–Crippen MR) is 90.7 cm³/mol. The summed E-state index contributed by atoms with van der Waals surface area (Å²) in [5, 5.41) is 9.67. The number of nitriles is 1. The Morgan fingerprint density at radius 3 is 2.79 bits per heavy atom. The minimum Gasteiger partial charge on any atom is -0.334 e. The van der Waals surface area contributed by atoms with E-state index in [4.69, 9.17) is 0 Å². The van der Waals surface area contributed by atoms with Crippen LogP contribution in [0.15, 0.2) is 47.4 Å². The number of hydrogen-bond acceptors (Lipinski definition) is 3. The number of rotatable bonds is 3. The molecule has 1 aromatic carbocycles. The van der Waals surface area contributed by atoms with E-state index in [1.165, 1.54) is 12.3 Å². The van der Waals surface area contributed by atoms with Gasteiger partial charge < -0.3 is 9.88 Å². The van der Waals surface area contributed by atoms with Crippen molar-refractivity contribution in [3.05, 3.63) is 69.6 Å². The van der Waals surface area contributed by atoms with Gasteiger partial charge in [-0.15, -0.1) is 0 Å². The van der Waals surface area contributed by atoms with Gasteiger partial charge in [0.1, 0.15) is 0 Å². The van der Waals surface area contributed by atoms with Crippen molar-refractivity contribution in [1.29, 1.82) is 5.26 Å². The zero-order valence-corrected chi connectivity index (χ0v) is 13.5. The van der Waals surface area contributed by atoms with Gasteiger partial charge in [-0.05, 0) is 30.9 Å². The highest BCUT2D eigenvalue weighted by atomic mass is 16.2. The monoisotopic (exact) mass is 321 g/mol. The Hall–Kier alpha value is -2.87. The number of amides is 1. The molecule has 2 atom stereocenters. The number of nitrogens with one attached hydrogen (secondary N) is 1. The number of likely N-dealkylation sites (tertiary alicyclic amines) is 1. The maximum absolute atomic E-state index is 12.9. The van der Waals surface area contributed by atoms with E-state index in [1.807, 2.05) is 30.3 Å². The smallest absolute Gasteiger partial charge is 0.255 e. The SMILES string of the molecule is Cc1cc(=O)[nH]cc1C(=O)N1CCCC1C(C#N)c1ccccc1. The molecule has 0 aliphatic carbocycles. The van der Waals surface area contributed by atoms with Crippen LogP contribution < -0.4 is 5.56 Å². The lowest BCUT2D eigenvalue weighted by molar-refractivity contribution is 0.0727. The van der Waals surface area contributed by atoms with Crippen LogP contribution in [0.5, 0.6) is 0 Å². The number of carbonyl (C=O) groups excluding carboxylic acids is 1. The quantitative estimate of drug-likeness (QED) is 0.944. The molecule has 2 unspecified atom stereocenters. The summed E-state index contributed by atoms with van der Waals surface area (Å²) in [4.78, 5) is 28.6. The van der Waals surface area contributed by atoms with Crippen LogP contribution in [0.25, 0.3) is 0 Å². The number of nitrogens with zero attached hydrogens (tertiary/aromatic N) is 2. The summed E-state index contributed by atoms with van der Waals surface area (Å²) in [6.45, 7) is 2.39. The average molecular weight is 321 g/mol. The van der Waals surface area contributed by atoms with Gasteiger partial charge in [-0.3, -0.25) is 9.59 Å². The lowest BCUT2D eigenvalue weighted by Gasteiger charge is -2.28. The molecule has 1 fully saturated rings. The highest BCUT2D eigenvalue weighted by Crippen LogP contribution is 2.32. The van der Waals surface area contributed by atoms with Crippen LogP contribution >= 0.6 is 0 Å². The highest BCUT2D eigenvalue weighted by molar-refractivity contribution is 5.95. The fourth-order valence-electron chi connectivity index (χ4n) is 3.39. The molecule has 0 spiro atoms. The maximum Gasteiger partial charge on any atom is 0.255 e. The first-order valence-electron chi connectivity index (χ1n) is 8.06. The van der Waals surface area contributed by atoms with E-state index in [2.05, 4.69) is 11.1 Å². The number of hydrogen-bond donors (Lipinski definition) is 1. The molecule has 122 valence electrons. The third kappa shape index (κ3) is 2.95. The van der Waals surface area contributed by atoms with E-state index in [-0.39, 0.29) is 23.4 Å². The van der Waals surface area contributed by atoms with Crippen LogP contribution in [0.2, 0.25) is 0 Å². The molecule has 0 radical (unpaired) electrons. The van der Waals surface area contributed by atoms with Crippen molar-refractivity contribution >= 4 is 5.91 Å². The van der Waals surface area contributed by atoms with Gasteiger partial charge in [0, 0.05) is 18.8 Å². The minimum absolute atomic E-state index is 0.123. The second-order valence-corrected chi connectivity index (χ2v) is 6.12. The molecule has 0 saturated carbocycles. The summed E-state index contributed by atoms with van der Waals surface area (Å²) in [5.41, 5.74) is 1.86. The van der Waals surface area contributed by atoms with Gasteiger partial charge in [-0.2, -0.15) is 5.26 Å². The lowest BCUT2D eigenvalue weighted by Crippen LogP contribution is -2.39. The van der Waals surface area contributed by atoms with E-state index >= 15 is 0 Å². The summed E-state index contributed by atoms with van der Waals surface area (Å²) in [6.07, 6.45) is 3.16. The van der Waals surface area contributed by atoms with Gasteiger partial charge in [0.25, 0.3) is 5.91 Å². The Balaban J connectivity index is 1.91. The first kappa shape index (κ1) is 16.0. The molecule has 1 amide bonds. The van der Waals surface area contributed by atoms with Gasteiger partial charge in [0.05, 0.1) is 23.6 Å². The third-order valence-corrected chi connectivity index (χ3v) is 4.60. The van der Waals surface area contributed by atoms with Gasteiger partial charge in [-0.25, -0.2) is 0 Å². The molecule has 1 aliphatic heterocycles. The van der Waals surface area contributed by atoms with Crippen molar-refractivity contribution < 1.29 is 4.79 Å². The Labute approximate surface area is 140 Å². The Bertz CT molecular complexity index is 836. The second kappa shape index (κ2) is 6.71. The molecule has 5 heteroatoms. The van der Waals surface area contributed by atoms with Crippen LogP contribution in [-0.4, -0.2) is 28.4 Å². The molecule has 0 bridgehead atoms. The first-order valence-corrected chi connectivity index (χ1v) is 8.06. The van der Waals surface area contributed by atoms with Crippen LogP contribution in [0.4, 0.5) is 0 Å². The Morgan fingerprint density at radius 1 is 1.38 bits per heavy atom. The number of aromatic nitrogens is 1. The predicted octanol–water partition coefficient (Wildman–Crippen LogP) is 2.60. The van der Waals surface area contributed by atoms with Crippen molar-refractivity contribution in [2.24, 2.45) is 0 Å². The number of benzene rings is 1. The standard InChI is InChI=1S/C19H19N3O2/c1-13-10-18(23)21-12-16(13)19(24)22-9-5-8-17(22)15(11-20)14-6-3-2-4-7-14/h2-4,6-7,10,12,15,17H,5,8-9H2,1H3,(H,21,23). The fourth-order valence-corrected chi connectivity index (χ4v) is 3.39. The van der Waals surface area contributed by atoms with E-state index in [9.17, 15) is 14.9 Å². The maximum atomic E-state index is 12.9. The van der Waals surface area contributed by atoms with Gasteiger partial charge >= 0.3 is 0 Å². The summed E-state index contributed by atoms with van der Waals surface area (Å²) in [6, 6.07) is 13.3. The van der Waals surface area contributed by atoms with Gasteiger partial charge in [-0.1, -0.05) is 30.3 Å². The largest absolute Gasteiger partial charge is 0.334 e. The number of carbonyl (C=O) groups is 1. The van der Waals surface area contributed by atoms with Crippen molar-refractivity contribution in [3.8, 4) is 6.07 Å². The number of H-pyrrole nitrogens is 1. The normalized spacial score (nSPS) is 18.2. The summed E-state index contributed by atoms with van der Waals surface area (Å²) < 4.78 is 0. The van der Waals surface area contributed by atoms with Gasteiger partial charge in [0.15, 0.2) is 0 Å². The molecule has 1 N–H and O–H groups in total. The topological polar surface area (TPSA) is 77.0 Å². The van der Waals surface area contributed by atoms with E-state index in [1.54, 1.807) is 11.8 Å². The van der Waals surface area contributed by atoms with Crippen LogP contribution in [0, 0.1) is 18.3 Å². The molecule has 24 heavy (non-hydrogen) atoms. The van der Waals surface area contributed by atoms with E-state index in [0.29, 0.717) is 17.7 Å².